The molecule has 0 fully saturated rings. The van der Waals surface area contributed by atoms with Gasteiger partial charge in [0.05, 0.1) is 21.3 Å². The Morgan fingerprint density at radius 2 is 1.65 bits per heavy atom. The zero-order valence-corrected chi connectivity index (χ0v) is 10.5. The van der Waals surface area contributed by atoms with Crippen molar-refractivity contribution in [2.24, 2.45) is 0 Å². The highest BCUT2D eigenvalue weighted by molar-refractivity contribution is 5.95. The molecule has 5 nitrogen and oxygen atoms in total. The largest absolute Gasteiger partial charge is 0.493 e. The monoisotopic (exact) mass is 239 g/mol. The molecule has 5 heteroatoms. The second-order valence-corrected chi connectivity index (χ2v) is 3.27. The van der Waals surface area contributed by atoms with Crippen LogP contribution >= 0.6 is 0 Å². The summed E-state index contributed by atoms with van der Waals surface area (Å²) < 4.78 is 15.5. The Kier molecular flexibility index (Phi) is 4.63. The summed E-state index contributed by atoms with van der Waals surface area (Å²) in [5.74, 6) is 1.23. The highest BCUT2D eigenvalue weighted by Crippen LogP contribution is 2.38. The zero-order valence-electron chi connectivity index (χ0n) is 10.5. The van der Waals surface area contributed by atoms with Gasteiger partial charge in [-0.3, -0.25) is 4.79 Å². The van der Waals surface area contributed by atoms with E-state index in [0.717, 1.165) is 0 Å². The van der Waals surface area contributed by atoms with Crippen LogP contribution in [0.4, 0.5) is 0 Å². The number of amides is 1. The molecule has 0 heterocycles. The van der Waals surface area contributed by atoms with Crippen LogP contribution in [0.1, 0.15) is 17.3 Å². The van der Waals surface area contributed by atoms with E-state index in [4.69, 9.17) is 14.2 Å². The maximum absolute atomic E-state index is 11.7. The number of hydrogen-bond acceptors (Lipinski definition) is 4. The smallest absolute Gasteiger partial charge is 0.251 e. The minimum absolute atomic E-state index is 0.174. The third-order valence-corrected chi connectivity index (χ3v) is 2.26. The number of rotatable bonds is 5. The fraction of sp³-hybridized carbons (Fsp3) is 0.417. The Bertz CT molecular complexity index is 378. The van der Waals surface area contributed by atoms with Crippen LogP contribution in [0.15, 0.2) is 12.1 Å². The molecular formula is C12H17NO4. The molecule has 1 rings (SSSR count). The van der Waals surface area contributed by atoms with Crippen LogP contribution < -0.4 is 19.5 Å². The summed E-state index contributed by atoms with van der Waals surface area (Å²) in [6.45, 7) is 2.42. The molecule has 0 saturated carbocycles. The maximum Gasteiger partial charge on any atom is 0.251 e. The maximum atomic E-state index is 11.7. The molecule has 0 saturated heterocycles. The molecule has 0 unspecified atom stereocenters. The quantitative estimate of drug-likeness (QED) is 0.845. The lowest BCUT2D eigenvalue weighted by Gasteiger charge is -2.13. The zero-order chi connectivity index (χ0) is 12.8. The minimum atomic E-state index is -0.174. The first-order valence-electron chi connectivity index (χ1n) is 5.26. The van der Waals surface area contributed by atoms with Gasteiger partial charge >= 0.3 is 0 Å². The molecule has 0 aromatic heterocycles. The van der Waals surface area contributed by atoms with E-state index in [1.54, 1.807) is 12.1 Å². The molecule has 1 aromatic carbocycles. The van der Waals surface area contributed by atoms with E-state index in [9.17, 15) is 4.79 Å². The molecule has 1 aromatic rings. The average Bonchev–Trinajstić information content (AvgIpc) is 2.37. The van der Waals surface area contributed by atoms with Crippen molar-refractivity contribution in [1.82, 2.24) is 5.32 Å². The topological polar surface area (TPSA) is 56.8 Å². The lowest BCUT2D eigenvalue weighted by Crippen LogP contribution is -2.22. The third-order valence-electron chi connectivity index (χ3n) is 2.26. The van der Waals surface area contributed by atoms with Gasteiger partial charge in [0.15, 0.2) is 11.5 Å². The van der Waals surface area contributed by atoms with Gasteiger partial charge in [-0.05, 0) is 19.1 Å². The molecule has 0 aliphatic carbocycles. The van der Waals surface area contributed by atoms with E-state index in [1.807, 2.05) is 6.92 Å². The standard InChI is InChI=1S/C12H17NO4/c1-5-13-12(14)8-6-9(15-2)11(17-4)10(7-8)16-3/h6-7H,5H2,1-4H3,(H,13,14). The lowest BCUT2D eigenvalue weighted by molar-refractivity contribution is 0.0955. The predicted molar refractivity (Wildman–Crippen MR) is 64.1 cm³/mol. The van der Waals surface area contributed by atoms with Crippen molar-refractivity contribution in [2.75, 3.05) is 27.9 Å². The molecule has 0 spiro atoms. The van der Waals surface area contributed by atoms with E-state index in [1.165, 1.54) is 21.3 Å². The van der Waals surface area contributed by atoms with Crippen molar-refractivity contribution in [1.29, 1.82) is 0 Å². The third kappa shape index (κ3) is 2.81. The summed E-state index contributed by atoms with van der Waals surface area (Å²) in [6, 6.07) is 3.23. The Hall–Kier alpha value is -1.91. The summed E-state index contributed by atoms with van der Waals surface area (Å²) >= 11 is 0. The Balaban J connectivity index is 3.22. The number of carbonyl (C=O) groups excluding carboxylic acids is 1. The minimum Gasteiger partial charge on any atom is -0.493 e. The Morgan fingerprint density at radius 1 is 1.12 bits per heavy atom. The van der Waals surface area contributed by atoms with E-state index in [0.29, 0.717) is 29.4 Å². The van der Waals surface area contributed by atoms with Gasteiger partial charge in [0, 0.05) is 12.1 Å². The summed E-state index contributed by atoms with van der Waals surface area (Å²) in [5.41, 5.74) is 0.473. The SMILES string of the molecule is CCNC(=O)c1cc(OC)c(OC)c(OC)c1. The molecule has 0 aliphatic heterocycles. The number of nitrogens with one attached hydrogen (secondary N) is 1. The van der Waals surface area contributed by atoms with Crippen LogP contribution in [-0.2, 0) is 0 Å². The second-order valence-electron chi connectivity index (χ2n) is 3.27. The fourth-order valence-electron chi connectivity index (χ4n) is 1.47. The van der Waals surface area contributed by atoms with Crippen molar-refractivity contribution in [3.63, 3.8) is 0 Å². The number of methoxy groups -OCH3 is 3. The van der Waals surface area contributed by atoms with E-state index in [-0.39, 0.29) is 5.91 Å². The van der Waals surface area contributed by atoms with Crippen molar-refractivity contribution in [2.45, 2.75) is 6.92 Å². The van der Waals surface area contributed by atoms with Crippen LogP contribution in [0.3, 0.4) is 0 Å². The number of benzene rings is 1. The predicted octanol–water partition coefficient (Wildman–Crippen LogP) is 1.46. The summed E-state index contributed by atoms with van der Waals surface area (Å²) in [7, 11) is 4.55. The highest BCUT2D eigenvalue weighted by atomic mass is 16.5. The Morgan fingerprint density at radius 3 is 2.00 bits per heavy atom. The summed E-state index contributed by atoms with van der Waals surface area (Å²) in [4.78, 5) is 11.7. The summed E-state index contributed by atoms with van der Waals surface area (Å²) in [5, 5.41) is 2.71. The van der Waals surface area contributed by atoms with Gasteiger partial charge < -0.3 is 19.5 Å². The van der Waals surface area contributed by atoms with Gasteiger partial charge in [-0.25, -0.2) is 0 Å². The van der Waals surface area contributed by atoms with Crippen LogP contribution in [0.5, 0.6) is 17.2 Å². The van der Waals surface area contributed by atoms with Gasteiger partial charge in [0.2, 0.25) is 5.75 Å². The van der Waals surface area contributed by atoms with Crippen molar-refractivity contribution in [3.8, 4) is 17.2 Å². The average molecular weight is 239 g/mol. The molecule has 94 valence electrons. The number of carbonyl (C=O) groups is 1. The first-order chi connectivity index (χ1) is 8.17. The molecule has 0 bridgehead atoms. The molecule has 1 amide bonds. The summed E-state index contributed by atoms with van der Waals surface area (Å²) in [6.07, 6.45) is 0. The van der Waals surface area contributed by atoms with Gasteiger partial charge in [-0.15, -0.1) is 0 Å². The molecule has 0 atom stereocenters. The molecule has 1 N–H and O–H groups in total. The van der Waals surface area contributed by atoms with Gasteiger partial charge in [-0.1, -0.05) is 0 Å². The van der Waals surface area contributed by atoms with Gasteiger partial charge in [-0.2, -0.15) is 0 Å². The fourth-order valence-corrected chi connectivity index (χ4v) is 1.47. The van der Waals surface area contributed by atoms with Crippen molar-refractivity contribution < 1.29 is 19.0 Å². The van der Waals surface area contributed by atoms with E-state index >= 15 is 0 Å². The normalized spacial score (nSPS) is 9.65. The van der Waals surface area contributed by atoms with Crippen LogP contribution in [-0.4, -0.2) is 33.8 Å². The van der Waals surface area contributed by atoms with Crippen molar-refractivity contribution in [3.05, 3.63) is 17.7 Å². The highest BCUT2D eigenvalue weighted by Gasteiger charge is 2.16. The van der Waals surface area contributed by atoms with Crippen LogP contribution in [0.25, 0.3) is 0 Å². The van der Waals surface area contributed by atoms with Crippen LogP contribution in [0.2, 0.25) is 0 Å². The molecule has 0 radical (unpaired) electrons. The first-order valence-corrected chi connectivity index (χ1v) is 5.26. The van der Waals surface area contributed by atoms with Gasteiger partial charge in [0.1, 0.15) is 0 Å². The van der Waals surface area contributed by atoms with Crippen molar-refractivity contribution >= 4 is 5.91 Å². The lowest BCUT2D eigenvalue weighted by atomic mass is 10.1. The molecule has 0 aliphatic rings. The number of ether oxygens (including phenoxy) is 3. The van der Waals surface area contributed by atoms with E-state index in [2.05, 4.69) is 5.32 Å². The molecular weight excluding hydrogens is 222 g/mol. The van der Waals surface area contributed by atoms with Crippen LogP contribution in [0, 0.1) is 0 Å². The molecule has 17 heavy (non-hydrogen) atoms. The Labute approximate surface area is 101 Å². The number of hydrogen-bond donors (Lipinski definition) is 1. The van der Waals surface area contributed by atoms with Gasteiger partial charge in [0.25, 0.3) is 5.91 Å². The first kappa shape index (κ1) is 13.2. The second kappa shape index (κ2) is 5.98. The van der Waals surface area contributed by atoms with E-state index < -0.39 is 0 Å².